The number of aromatic carboxylic acids is 1. The number of benzene rings is 1. The molecule has 0 saturated heterocycles. The van der Waals surface area contributed by atoms with Gasteiger partial charge in [-0.2, -0.15) is 0 Å². The minimum Gasteiger partial charge on any atom is -0.478 e. The molecule has 0 aliphatic heterocycles. The van der Waals surface area contributed by atoms with Crippen LogP contribution in [0.1, 0.15) is 10.4 Å². The van der Waals surface area contributed by atoms with E-state index in [-0.39, 0.29) is 18.0 Å². The predicted octanol–water partition coefficient (Wildman–Crippen LogP) is -0.210. The molecule has 0 radical (unpaired) electrons. The second kappa shape index (κ2) is 6.23. The van der Waals surface area contributed by atoms with Crippen molar-refractivity contribution in [3.8, 4) is 0 Å². The molecule has 0 aliphatic carbocycles. The van der Waals surface area contributed by atoms with Crippen LogP contribution in [0.2, 0.25) is 0 Å². The highest BCUT2D eigenvalue weighted by Crippen LogP contribution is 2.12. The molecule has 21 heavy (non-hydrogen) atoms. The first-order chi connectivity index (χ1) is 10.0. The standard InChI is InChI=1S/C13H15N3O5/c1-21-5-4-14-11(17)7-16-10-3-2-8(12(18)19)6-9(10)15-13(16)20/h2-3,6H,4-5,7H2,1H3,(H,14,17)(H,15,20)(H,18,19). The van der Waals surface area contributed by atoms with Gasteiger partial charge in [-0.25, -0.2) is 9.59 Å². The van der Waals surface area contributed by atoms with Gasteiger partial charge < -0.3 is 20.1 Å². The molecule has 3 N–H and O–H groups in total. The molecule has 0 aliphatic rings. The summed E-state index contributed by atoms with van der Waals surface area (Å²) in [5, 5.41) is 11.5. The number of amides is 1. The fourth-order valence-corrected chi connectivity index (χ4v) is 1.95. The lowest BCUT2D eigenvalue weighted by Gasteiger charge is -2.05. The van der Waals surface area contributed by atoms with Gasteiger partial charge in [-0.05, 0) is 18.2 Å². The van der Waals surface area contributed by atoms with Crippen molar-refractivity contribution in [3.05, 3.63) is 34.2 Å². The average molecular weight is 293 g/mol. The SMILES string of the molecule is COCCNC(=O)Cn1c(=O)[nH]c2cc(C(=O)O)ccc21. The van der Waals surface area contributed by atoms with Crippen molar-refractivity contribution in [1.29, 1.82) is 0 Å². The average Bonchev–Trinajstić information content (AvgIpc) is 2.74. The van der Waals surface area contributed by atoms with Crippen molar-refractivity contribution >= 4 is 22.9 Å². The lowest BCUT2D eigenvalue weighted by Crippen LogP contribution is -2.33. The summed E-state index contributed by atoms with van der Waals surface area (Å²) < 4.78 is 6.07. The maximum Gasteiger partial charge on any atom is 0.335 e. The van der Waals surface area contributed by atoms with Crippen LogP contribution in [-0.2, 0) is 16.1 Å². The lowest BCUT2D eigenvalue weighted by atomic mass is 10.2. The lowest BCUT2D eigenvalue weighted by molar-refractivity contribution is -0.121. The molecule has 2 rings (SSSR count). The van der Waals surface area contributed by atoms with Gasteiger partial charge in [-0.15, -0.1) is 0 Å². The predicted molar refractivity (Wildman–Crippen MR) is 74.4 cm³/mol. The van der Waals surface area contributed by atoms with E-state index in [0.717, 1.165) is 0 Å². The van der Waals surface area contributed by atoms with Crippen molar-refractivity contribution < 1.29 is 19.4 Å². The third kappa shape index (κ3) is 3.29. The van der Waals surface area contributed by atoms with Crippen molar-refractivity contribution in [2.75, 3.05) is 20.3 Å². The largest absolute Gasteiger partial charge is 0.478 e. The number of carbonyl (C=O) groups is 2. The number of nitrogens with one attached hydrogen (secondary N) is 2. The van der Waals surface area contributed by atoms with E-state index >= 15 is 0 Å². The van der Waals surface area contributed by atoms with Gasteiger partial charge in [0.2, 0.25) is 5.91 Å². The molecule has 0 atom stereocenters. The number of fused-ring (bicyclic) bond motifs is 1. The molecule has 0 bridgehead atoms. The van der Waals surface area contributed by atoms with Gasteiger partial charge >= 0.3 is 11.7 Å². The quantitative estimate of drug-likeness (QED) is 0.638. The number of H-pyrrole nitrogens is 1. The summed E-state index contributed by atoms with van der Waals surface area (Å²) in [5.41, 5.74) is 0.464. The van der Waals surface area contributed by atoms with Crippen LogP contribution < -0.4 is 11.0 Å². The van der Waals surface area contributed by atoms with Gasteiger partial charge in [0.15, 0.2) is 0 Å². The Morgan fingerprint density at radius 1 is 1.43 bits per heavy atom. The normalized spacial score (nSPS) is 10.7. The first kappa shape index (κ1) is 14.8. The number of aromatic amines is 1. The van der Waals surface area contributed by atoms with Gasteiger partial charge in [-0.1, -0.05) is 0 Å². The molecule has 8 heteroatoms. The summed E-state index contributed by atoms with van der Waals surface area (Å²) in [6.45, 7) is 0.598. The molecule has 8 nitrogen and oxygen atoms in total. The Labute approximate surface area is 119 Å². The van der Waals surface area contributed by atoms with E-state index in [4.69, 9.17) is 9.84 Å². The van der Waals surface area contributed by atoms with E-state index in [0.29, 0.717) is 24.2 Å². The number of nitrogens with zero attached hydrogens (tertiary/aromatic N) is 1. The number of carbonyl (C=O) groups excluding carboxylic acids is 1. The first-order valence-electron chi connectivity index (χ1n) is 6.24. The van der Waals surface area contributed by atoms with Crippen LogP contribution in [0.4, 0.5) is 0 Å². The number of imidazole rings is 1. The Hall–Kier alpha value is -2.61. The molecule has 1 aromatic heterocycles. The Balaban J connectivity index is 2.24. The van der Waals surface area contributed by atoms with E-state index < -0.39 is 11.7 Å². The zero-order valence-corrected chi connectivity index (χ0v) is 11.4. The van der Waals surface area contributed by atoms with Crippen molar-refractivity contribution in [2.45, 2.75) is 6.54 Å². The van der Waals surface area contributed by atoms with Crippen molar-refractivity contribution in [2.24, 2.45) is 0 Å². The molecule has 0 unspecified atom stereocenters. The molecule has 1 heterocycles. The number of ether oxygens (including phenoxy) is 1. The van der Waals surface area contributed by atoms with Crippen LogP contribution in [0, 0.1) is 0 Å². The van der Waals surface area contributed by atoms with Crippen LogP contribution in [0.25, 0.3) is 11.0 Å². The maximum atomic E-state index is 11.8. The topological polar surface area (TPSA) is 113 Å². The summed E-state index contributed by atoms with van der Waals surface area (Å²) >= 11 is 0. The van der Waals surface area contributed by atoms with Crippen LogP contribution in [0.5, 0.6) is 0 Å². The molecule has 0 spiro atoms. The molecule has 112 valence electrons. The monoisotopic (exact) mass is 293 g/mol. The highest BCUT2D eigenvalue weighted by atomic mass is 16.5. The highest BCUT2D eigenvalue weighted by molar-refractivity contribution is 5.92. The molecular formula is C13H15N3O5. The Kier molecular flexibility index (Phi) is 4.39. The van der Waals surface area contributed by atoms with E-state index in [1.165, 1.54) is 29.9 Å². The molecular weight excluding hydrogens is 278 g/mol. The number of methoxy groups -OCH3 is 1. The van der Waals surface area contributed by atoms with Crippen molar-refractivity contribution in [1.82, 2.24) is 14.9 Å². The van der Waals surface area contributed by atoms with Gasteiger partial charge in [0.1, 0.15) is 6.54 Å². The minimum atomic E-state index is -1.08. The van der Waals surface area contributed by atoms with Crippen molar-refractivity contribution in [3.63, 3.8) is 0 Å². The van der Waals surface area contributed by atoms with E-state index in [9.17, 15) is 14.4 Å². The number of aromatic nitrogens is 2. The molecule has 1 aromatic carbocycles. The third-order valence-electron chi connectivity index (χ3n) is 2.95. The second-order valence-electron chi connectivity index (χ2n) is 4.40. The number of hydrogen-bond acceptors (Lipinski definition) is 4. The second-order valence-corrected chi connectivity index (χ2v) is 4.40. The number of carboxylic acids is 1. The molecule has 0 saturated carbocycles. The number of rotatable bonds is 6. The van der Waals surface area contributed by atoms with Crippen LogP contribution in [0.15, 0.2) is 23.0 Å². The third-order valence-corrected chi connectivity index (χ3v) is 2.95. The number of carboxylic acid groups (broad SMARTS) is 1. The van der Waals surface area contributed by atoms with Crippen LogP contribution in [0.3, 0.4) is 0 Å². The summed E-state index contributed by atoms with van der Waals surface area (Å²) in [6.07, 6.45) is 0. The zero-order valence-electron chi connectivity index (χ0n) is 11.4. The summed E-state index contributed by atoms with van der Waals surface area (Å²) in [4.78, 5) is 37.0. The summed E-state index contributed by atoms with van der Waals surface area (Å²) in [6, 6.07) is 4.24. The molecule has 0 fully saturated rings. The van der Waals surface area contributed by atoms with Gasteiger partial charge in [0.25, 0.3) is 0 Å². The smallest absolute Gasteiger partial charge is 0.335 e. The number of hydrogen-bond donors (Lipinski definition) is 3. The first-order valence-corrected chi connectivity index (χ1v) is 6.24. The van der Waals surface area contributed by atoms with E-state index in [1.54, 1.807) is 0 Å². The fraction of sp³-hybridized carbons (Fsp3) is 0.308. The van der Waals surface area contributed by atoms with Crippen LogP contribution >= 0.6 is 0 Å². The van der Waals surface area contributed by atoms with E-state index in [1.807, 2.05) is 0 Å². The maximum absolute atomic E-state index is 11.8. The molecule has 1 amide bonds. The minimum absolute atomic E-state index is 0.0699. The van der Waals surface area contributed by atoms with Gasteiger partial charge in [0, 0.05) is 13.7 Å². The van der Waals surface area contributed by atoms with Crippen LogP contribution in [-0.4, -0.2) is 46.8 Å². The Morgan fingerprint density at radius 2 is 2.19 bits per heavy atom. The van der Waals surface area contributed by atoms with E-state index in [2.05, 4.69) is 10.3 Å². The van der Waals surface area contributed by atoms with Gasteiger partial charge in [-0.3, -0.25) is 9.36 Å². The molecule has 2 aromatic rings. The summed E-state index contributed by atoms with van der Waals surface area (Å²) in [5.74, 6) is -1.40. The highest BCUT2D eigenvalue weighted by Gasteiger charge is 2.12. The zero-order chi connectivity index (χ0) is 15.4. The fourth-order valence-electron chi connectivity index (χ4n) is 1.95. The van der Waals surface area contributed by atoms with Gasteiger partial charge in [0.05, 0.1) is 23.2 Å². The summed E-state index contributed by atoms with van der Waals surface area (Å²) in [7, 11) is 1.52. The Bertz CT molecular complexity index is 731. The Morgan fingerprint density at radius 3 is 2.86 bits per heavy atom.